The van der Waals surface area contributed by atoms with Crippen LogP contribution in [0.25, 0.3) is 0 Å². The monoisotopic (exact) mass is 284 g/mol. The van der Waals surface area contributed by atoms with E-state index in [-0.39, 0.29) is 22.0 Å². The van der Waals surface area contributed by atoms with Gasteiger partial charge in [0.1, 0.15) is 11.7 Å². The van der Waals surface area contributed by atoms with Crippen LogP contribution in [-0.2, 0) is 0 Å². The molecule has 2 nitrogen and oxygen atoms in total. The van der Waals surface area contributed by atoms with Crippen molar-refractivity contribution < 1.29 is 13.2 Å². The molecule has 1 aliphatic heterocycles. The van der Waals surface area contributed by atoms with E-state index in [0.29, 0.717) is 5.69 Å². The number of pyridine rings is 1. The van der Waals surface area contributed by atoms with E-state index >= 15 is 0 Å². The first-order valence-corrected chi connectivity index (χ1v) is 5.93. The first-order valence-electron chi connectivity index (χ1n) is 5.55. The number of halogens is 4. The highest BCUT2D eigenvalue weighted by Crippen LogP contribution is 2.48. The summed E-state index contributed by atoms with van der Waals surface area (Å²) in [4.78, 5) is 3.96. The molecule has 2 heterocycles. The third kappa shape index (κ3) is 2.04. The molecule has 1 N–H and O–H groups in total. The van der Waals surface area contributed by atoms with E-state index in [1.54, 1.807) is 6.07 Å². The third-order valence-corrected chi connectivity index (χ3v) is 3.29. The molecule has 0 spiro atoms. The minimum atomic E-state index is -4.39. The van der Waals surface area contributed by atoms with Gasteiger partial charge in [0.2, 0.25) is 0 Å². The van der Waals surface area contributed by atoms with Crippen molar-refractivity contribution in [3.05, 3.63) is 52.7 Å². The van der Waals surface area contributed by atoms with Gasteiger partial charge in [0.05, 0.1) is 0 Å². The summed E-state index contributed by atoms with van der Waals surface area (Å²) in [5.74, 6) is -1.47. The molecule has 1 aromatic carbocycles. The van der Waals surface area contributed by atoms with Crippen LogP contribution in [0.3, 0.4) is 0 Å². The lowest BCUT2D eigenvalue weighted by molar-refractivity contribution is -0.141. The average molecular weight is 285 g/mol. The molecule has 1 atom stereocenters. The number of rotatable bonds is 0. The molecule has 0 aliphatic carbocycles. The maximum atomic E-state index is 13.3. The largest absolute Gasteiger partial charge is 0.399 e. The maximum absolute atomic E-state index is 13.3. The lowest BCUT2D eigenvalue weighted by Gasteiger charge is -2.30. The molecule has 19 heavy (non-hydrogen) atoms. The zero-order chi connectivity index (χ0) is 13.6. The van der Waals surface area contributed by atoms with Gasteiger partial charge in [-0.3, -0.25) is 0 Å². The highest BCUT2D eigenvalue weighted by Gasteiger charge is 2.46. The molecule has 0 bridgehead atoms. The summed E-state index contributed by atoms with van der Waals surface area (Å²) >= 11 is 5.81. The number of hydrogen-bond acceptors (Lipinski definition) is 2. The normalized spacial score (nSPS) is 17.4. The summed E-state index contributed by atoms with van der Waals surface area (Å²) in [5.41, 5.74) is 0.628. The topological polar surface area (TPSA) is 24.9 Å². The Labute approximate surface area is 112 Å². The van der Waals surface area contributed by atoms with Gasteiger partial charge in [0, 0.05) is 22.5 Å². The Morgan fingerprint density at radius 3 is 2.68 bits per heavy atom. The molecule has 1 aliphatic rings. The smallest absolute Gasteiger partial charge is 0.340 e. The summed E-state index contributed by atoms with van der Waals surface area (Å²) in [7, 11) is 0. The summed E-state index contributed by atoms with van der Waals surface area (Å²) < 4.78 is 40.0. The van der Waals surface area contributed by atoms with Gasteiger partial charge in [-0.25, -0.2) is 4.98 Å². The van der Waals surface area contributed by atoms with Crippen LogP contribution < -0.4 is 5.32 Å². The highest BCUT2D eigenvalue weighted by atomic mass is 35.5. The fraction of sp³-hybridized carbons (Fsp3) is 0.154. The van der Waals surface area contributed by atoms with E-state index < -0.39 is 12.1 Å². The fourth-order valence-corrected chi connectivity index (χ4v) is 2.47. The van der Waals surface area contributed by atoms with Crippen molar-refractivity contribution in [2.75, 3.05) is 5.32 Å². The van der Waals surface area contributed by atoms with E-state index in [2.05, 4.69) is 10.3 Å². The molecular weight excluding hydrogens is 277 g/mol. The number of nitrogens with zero attached hydrogens (tertiary/aromatic N) is 1. The molecule has 1 aromatic heterocycles. The molecule has 98 valence electrons. The second-order valence-electron chi connectivity index (χ2n) is 4.27. The van der Waals surface area contributed by atoms with Crippen LogP contribution >= 0.6 is 11.6 Å². The first-order chi connectivity index (χ1) is 8.97. The van der Waals surface area contributed by atoms with Gasteiger partial charge in [0.15, 0.2) is 0 Å². The predicted octanol–water partition coefficient (Wildman–Crippen LogP) is 4.49. The Morgan fingerprint density at radius 1 is 1.16 bits per heavy atom. The third-order valence-electron chi connectivity index (χ3n) is 3.05. The zero-order valence-corrected chi connectivity index (χ0v) is 10.3. The molecule has 3 rings (SSSR count). The summed E-state index contributed by atoms with van der Waals surface area (Å²) in [6.45, 7) is 0. The van der Waals surface area contributed by atoms with Crippen molar-refractivity contribution in [1.29, 1.82) is 0 Å². The van der Waals surface area contributed by atoms with Crippen LogP contribution in [0.5, 0.6) is 0 Å². The molecule has 0 fully saturated rings. The number of nitrogens with one attached hydrogen (secondary N) is 1. The van der Waals surface area contributed by atoms with E-state index in [4.69, 9.17) is 11.6 Å². The molecule has 0 saturated carbocycles. The SMILES string of the molecule is FC(F)(F)[C@@H]1c2cc(Cl)ccc2Nc2ncccc21. The fourth-order valence-electron chi connectivity index (χ4n) is 2.29. The van der Waals surface area contributed by atoms with Crippen LogP contribution in [0.15, 0.2) is 36.5 Å². The van der Waals surface area contributed by atoms with Crippen molar-refractivity contribution >= 4 is 23.1 Å². The van der Waals surface area contributed by atoms with E-state index in [1.165, 1.54) is 30.5 Å². The van der Waals surface area contributed by atoms with Crippen molar-refractivity contribution in [2.24, 2.45) is 0 Å². The van der Waals surface area contributed by atoms with E-state index in [1.807, 2.05) is 0 Å². The standard InChI is InChI=1S/C13H8ClF3N2/c14-7-3-4-10-9(6-7)11(13(15,16)17)8-2-1-5-18-12(8)19-10/h1-6,11H,(H,18,19)/t11-/m0/s1. The van der Waals surface area contributed by atoms with Crippen LogP contribution in [0.1, 0.15) is 17.0 Å². The molecule has 0 unspecified atom stereocenters. The van der Waals surface area contributed by atoms with Crippen molar-refractivity contribution in [3.8, 4) is 0 Å². The van der Waals surface area contributed by atoms with E-state index in [9.17, 15) is 13.2 Å². The van der Waals surface area contributed by atoms with Crippen LogP contribution in [0.2, 0.25) is 5.02 Å². The van der Waals surface area contributed by atoms with Gasteiger partial charge in [-0.15, -0.1) is 0 Å². The van der Waals surface area contributed by atoms with Crippen LogP contribution in [0.4, 0.5) is 24.7 Å². The van der Waals surface area contributed by atoms with Crippen molar-refractivity contribution in [3.63, 3.8) is 0 Å². The number of aromatic nitrogens is 1. The Bertz CT molecular complexity index is 640. The quantitative estimate of drug-likeness (QED) is 0.771. The molecule has 2 aromatic rings. The Balaban J connectivity index is 2.25. The van der Waals surface area contributed by atoms with Crippen molar-refractivity contribution in [1.82, 2.24) is 4.98 Å². The number of hydrogen-bond donors (Lipinski definition) is 1. The van der Waals surface area contributed by atoms with Crippen LogP contribution in [0, 0.1) is 0 Å². The van der Waals surface area contributed by atoms with E-state index in [0.717, 1.165) is 0 Å². The zero-order valence-electron chi connectivity index (χ0n) is 9.50. The summed E-state index contributed by atoms with van der Waals surface area (Å²) in [6.07, 6.45) is -2.93. The number of fused-ring (bicyclic) bond motifs is 2. The second-order valence-corrected chi connectivity index (χ2v) is 4.71. The molecular formula is C13H8ClF3N2. The lowest BCUT2D eigenvalue weighted by atomic mass is 9.87. The lowest BCUT2D eigenvalue weighted by Crippen LogP contribution is -2.26. The first kappa shape index (κ1) is 12.3. The maximum Gasteiger partial charge on any atom is 0.399 e. The van der Waals surface area contributed by atoms with Crippen LogP contribution in [-0.4, -0.2) is 11.2 Å². The van der Waals surface area contributed by atoms with Gasteiger partial charge >= 0.3 is 6.18 Å². The summed E-state index contributed by atoms with van der Waals surface area (Å²) in [5, 5.41) is 3.18. The van der Waals surface area contributed by atoms with Gasteiger partial charge in [0.25, 0.3) is 0 Å². The molecule has 0 radical (unpaired) electrons. The molecule has 6 heteroatoms. The van der Waals surface area contributed by atoms with Gasteiger partial charge in [-0.1, -0.05) is 17.7 Å². The number of benzene rings is 1. The molecule has 0 saturated heterocycles. The van der Waals surface area contributed by atoms with Gasteiger partial charge in [-0.05, 0) is 29.8 Å². The average Bonchev–Trinajstić information content (AvgIpc) is 2.34. The minimum absolute atomic E-state index is 0.116. The summed E-state index contributed by atoms with van der Waals surface area (Å²) in [6, 6.07) is 7.35. The predicted molar refractivity (Wildman–Crippen MR) is 66.9 cm³/mol. The number of alkyl halides is 3. The molecule has 0 amide bonds. The van der Waals surface area contributed by atoms with Gasteiger partial charge < -0.3 is 5.32 Å². The highest BCUT2D eigenvalue weighted by molar-refractivity contribution is 6.30. The Kier molecular flexibility index (Phi) is 2.67. The van der Waals surface area contributed by atoms with Gasteiger partial charge in [-0.2, -0.15) is 13.2 Å². The Hall–Kier alpha value is -1.75. The van der Waals surface area contributed by atoms with Crippen molar-refractivity contribution in [2.45, 2.75) is 12.1 Å². The minimum Gasteiger partial charge on any atom is -0.340 e. The second kappa shape index (κ2) is 4.13. The Morgan fingerprint density at radius 2 is 1.95 bits per heavy atom. The number of anilines is 2.